The number of pyridine rings is 1. The SMILES string of the molecule is Cc1ccc(C2(c3nnc4c(CCCO)cccn34)CC2)cc1. The van der Waals surface area contributed by atoms with E-state index >= 15 is 0 Å². The summed E-state index contributed by atoms with van der Waals surface area (Å²) in [5, 5.41) is 18.1. The van der Waals surface area contributed by atoms with Crippen molar-refractivity contribution in [2.75, 3.05) is 6.61 Å². The topological polar surface area (TPSA) is 50.4 Å². The van der Waals surface area contributed by atoms with Crippen LogP contribution >= 0.6 is 0 Å². The fourth-order valence-corrected chi connectivity index (χ4v) is 3.40. The molecular weight excluding hydrogens is 286 g/mol. The molecule has 4 heteroatoms. The molecule has 0 bridgehead atoms. The minimum Gasteiger partial charge on any atom is -0.396 e. The zero-order chi connectivity index (χ0) is 15.9. The summed E-state index contributed by atoms with van der Waals surface area (Å²) in [5.74, 6) is 1.04. The molecule has 2 heterocycles. The molecule has 0 saturated heterocycles. The van der Waals surface area contributed by atoms with E-state index in [4.69, 9.17) is 5.11 Å². The second-order valence-electron chi connectivity index (χ2n) is 6.53. The Hall–Kier alpha value is -2.20. The van der Waals surface area contributed by atoms with E-state index in [0.29, 0.717) is 0 Å². The first-order valence-corrected chi connectivity index (χ1v) is 8.26. The molecule has 1 N–H and O–H groups in total. The molecule has 2 aromatic heterocycles. The largest absolute Gasteiger partial charge is 0.396 e. The molecule has 23 heavy (non-hydrogen) atoms. The predicted molar refractivity (Wildman–Crippen MR) is 89.6 cm³/mol. The van der Waals surface area contributed by atoms with Gasteiger partial charge in [-0.2, -0.15) is 0 Å². The highest BCUT2D eigenvalue weighted by Crippen LogP contribution is 2.52. The van der Waals surface area contributed by atoms with Crippen LogP contribution in [0.5, 0.6) is 0 Å². The normalized spacial score (nSPS) is 15.9. The number of fused-ring (bicyclic) bond motifs is 1. The predicted octanol–water partition coefficient (Wildman–Crippen LogP) is 3.04. The van der Waals surface area contributed by atoms with Crippen molar-refractivity contribution in [1.82, 2.24) is 14.6 Å². The number of hydrogen-bond acceptors (Lipinski definition) is 3. The van der Waals surface area contributed by atoms with Gasteiger partial charge >= 0.3 is 0 Å². The zero-order valence-corrected chi connectivity index (χ0v) is 13.4. The lowest BCUT2D eigenvalue weighted by Crippen LogP contribution is -2.13. The van der Waals surface area contributed by atoms with Crippen LogP contribution in [0, 0.1) is 6.92 Å². The molecule has 1 fully saturated rings. The first-order valence-electron chi connectivity index (χ1n) is 8.26. The molecule has 4 rings (SSSR count). The third-order valence-electron chi connectivity index (χ3n) is 4.90. The first kappa shape index (κ1) is 14.4. The van der Waals surface area contributed by atoms with Gasteiger partial charge in [-0.25, -0.2) is 0 Å². The van der Waals surface area contributed by atoms with Crippen molar-refractivity contribution in [3.63, 3.8) is 0 Å². The number of aliphatic hydroxyl groups excluding tert-OH is 1. The van der Waals surface area contributed by atoms with Gasteiger partial charge in [0.05, 0.1) is 5.41 Å². The molecule has 1 saturated carbocycles. The monoisotopic (exact) mass is 307 g/mol. The molecule has 0 aliphatic heterocycles. The number of aryl methyl sites for hydroxylation is 2. The van der Waals surface area contributed by atoms with E-state index in [1.165, 1.54) is 11.1 Å². The van der Waals surface area contributed by atoms with Crippen LogP contribution in [0.3, 0.4) is 0 Å². The maximum absolute atomic E-state index is 9.07. The van der Waals surface area contributed by atoms with Crippen molar-refractivity contribution in [3.05, 3.63) is 65.1 Å². The number of aromatic nitrogens is 3. The van der Waals surface area contributed by atoms with E-state index < -0.39 is 0 Å². The Morgan fingerprint density at radius 3 is 2.61 bits per heavy atom. The summed E-state index contributed by atoms with van der Waals surface area (Å²) < 4.78 is 2.14. The minimum atomic E-state index is 0.0166. The molecule has 1 aromatic carbocycles. The molecule has 4 nitrogen and oxygen atoms in total. The van der Waals surface area contributed by atoms with E-state index in [-0.39, 0.29) is 12.0 Å². The molecule has 0 radical (unpaired) electrons. The summed E-state index contributed by atoms with van der Waals surface area (Å²) in [6.07, 6.45) is 5.89. The van der Waals surface area contributed by atoms with Crippen molar-refractivity contribution >= 4 is 5.65 Å². The van der Waals surface area contributed by atoms with E-state index in [1.54, 1.807) is 0 Å². The van der Waals surface area contributed by atoms with Crippen molar-refractivity contribution in [2.45, 2.75) is 38.0 Å². The molecule has 0 unspecified atom stereocenters. The average Bonchev–Trinajstić information content (AvgIpc) is 3.26. The average molecular weight is 307 g/mol. The van der Waals surface area contributed by atoms with Gasteiger partial charge in [-0.05, 0) is 49.8 Å². The lowest BCUT2D eigenvalue weighted by Gasteiger charge is -2.14. The fourth-order valence-electron chi connectivity index (χ4n) is 3.40. The highest BCUT2D eigenvalue weighted by molar-refractivity contribution is 5.51. The minimum absolute atomic E-state index is 0.0166. The van der Waals surface area contributed by atoms with Crippen LogP contribution < -0.4 is 0 Å². The Balaban J connectivity index is 1.79. The number of nitrogens with zero attached hydrogens (tertiary/aromatic N) is 3. The number of benzene rings is 1. The Labute approximate surface area is 135 Å². The van der Waals surface area contributed by atoms with Gasteiger partial charge < -0.3 is 5.11 Å². The zero-order valence-electron chi connectivity index (χ0n) is 13.4. The Morgan fingerprint density at radius 2 is 1.91 bits per heavy atom. The molecule has 0 amide bonds. The Morgan fingerprint density at radius 1 is 1.13 bits per heavy atom. The van der Waals surface area contributed by atoms with Gasteiger partial charge in [0.25, 0.3) is 0 Å². The van der Waals surface area contributed by atoms with Crippen LogP contribution in [0.1, 0.15) is 41.8 Å². The summed E-state index contributed by atoms with van der Waals surface area (Å²) in [5.41, 5.74) is 4.71. The first-order chi connectivity index (χ1) is 11.2. The summed E-state index contributed by atoms with van der Waals surface area (Å²) in [4.78, 5) is 0. The van der Waals surface area contributed by atoms with Crippen LogP contribution in [-0.2, 0) is 11.8 Å². The molecule has 118 valence electrons. The van der Waals surface area contributed by atoms with Crippen LogP contribution in [0.15, 0.2) is 42.6 Å². The van der Waals surface area contributed by atoms with Crippen molar-refractivity contribution < 1.29 is 5.11 Å². The lowest BCUT2D eigenvalue weighted by molar-refractivity contribution is 0.288. The lowest BCUT2D eigenvalue weighted by atomic mass is 9.94. The van der Waals surface area contributed by atoms with Crippen LogP contribution in [0.2, 0.25) is 0 Å². The van der Waals surface area contributed by atoms with Crippen LogP contribution in [-0.4, -0.2) is 26.3 Å². The third kappa shape index (κ3) is 2.34. The second kappa shape index (κ2) is 5.46. The maximum Gasteiger partial charge on any atom is 0.164 e. The second-order valence-corrected chi connectivity index (χ2v) is 6.53. The van der Waals surface area contributed by atoms with Gasteiger partial charge in [0.15, 0.2) is 5.65 Å². The number of aliphatic hydroxyl groups is 1. The standard InChI is InChI=1S/C19H21N3O/c1-14-6-8-16(9-7-14)19(10-11-19)18-21-20-17-15(5-3-13-23)4-2-12-22(17)18/h2,4,6-9,12,23H,3,5,10-11,13H2,1H3. The summed E-state index contributed by atoms with van der Waals surface area (Å²) in [6, 6.07) is 12.9. The van der Waals surface area contributed by atoms with Crippen molar-refractivity contribution in [2.24, 2.45) is 0 Å². The number of hydrogen-bond donors (Lipinski definition) is 1. The third-order valence-corrected chi connectivity index (χ3v) is 4.90. The van der Waals surface area contributed by atoms with Crippen molar-refractivity contribution in [1.29, 1.82) is 0 Å². The fraction of sp³-hybridized carbons (Fsp3) is 0.368. The van der Waals surface area contributed by atoms with Gasteiger partial charge in [0, 0.05) is 12.8 Å². The van der Waals surface area contributed by atoms with Gasteiger partial charge in [0.2, 0.25) is 0 Å². The molecule has 0 spiro atoms. The molecule has 1 aliphatic rings. The van der Waals surface area contributed by atoms with E-state index in [0.717, 1.165) is 42.7 Å². The summed E-state index contributed by atoms with van der Waals surface area (Å²) in [6.45, 7) is 2.32. The highest BCUT2D eigenvalue weighted by atomic mass is 16.2. The van der Waals surface area contributed by atoms with E-state index in [9.17, 15) is 0 Å². The van der Waals surface area contributed by atoms with Crippen LogP contribution in [0.25, 0.3) is 5.65 Å². The van der Waals surface area contributed by atoms with Gasteiger partial charge in [0.1, 0.15) is 5.82 Å². The van der Waals surface area contributed by atoms with Gasteiger partial charge in [-0.3, -0.25) is 4.40 Å². The van der Waals surface area contributed by atoms with E-state index in [1.807, 2.05) is 0 Å². The highest BCUT2D eigenvalue weighted by Gasteiger charge is 2.49. The summed E-state index contributed by atoms with van der Waals surface area (Å²) >= 11 is 0. The smallest absolute Gasteiger partial charge is 0.164 e. The van der Waals surface area contributed by atoms with Gasteiger partial charge in [-0.15, -0.1) is 10.2 Å². The van der Waals surface area contributed by atoms with Crippen molar-refractivity contribution in [3.8, 4) is 0 Å². The van der Waals surface area contributed by atoms with Gasteiger partial charge in [-0.1, -0.05) is 35.9 Å². The van der Waals surface area contributed by atoms with E-state index in [2.05, 4.69) is 64.1 Å². The van der Waals surface area contributed by atoms with Crippen LogP contribution in [0.4, 0.5) is 0 Å². The molecule has 3 aromatic rings. The molecule has 0 atom stereocenters. The molecule has 1 aliphatic carbocycles. The summed E-state index contributed by atoms with van der Waals surface area (Å²) in [7, 11) is 0. The Bertz CT molecular complexity index is 831. The Kier molecular flexibility index (Phi) is 3.42. The molecular formula is C19H21N3O. The quantitative estimate of drug-likeness (QED) is 0.788. The maximum atomic E-state index is 9.07. The number of rotatable bonds is 5.